The number of aryl methyl sites for hydroxylation is 1. The first-order valence-corrected chi connectivity index (χ1v) is 17.0. The fraction of sp³-hybridized carbons (Fsp3) is 0.586. The number of benzene rings is 2. The summed E-state index contributed by atoms with van der Waals surface area (Å²) in [6.45, 7) is 16.6. The number of unbranched alkanes of at least 4 members (excludes halogenated alkanes) is 4. The Kier molecular flexibility index (Phi) is 15.8. The van der Waals surface area contributed by atoms with Crippen LogP contribution < -0.4 is 0 Å². The van der Waals surface area contributed by atoms with E-state index in [9.17, 15) is 25.9 Å². The molecule has 0 bridgehead atoms. The summed E-state index contributed by atoms with van der Waals surface area (Å²) in [5.74, 6) is 0. The van der Waals surface area contributed by atoms with E-state index in [0.29, 0.717) is 5.56 Å². The predicted molar refractivity (Wildman–Crippen MR) is 157 cm³/mol. The monoisotopic (exact) mass is 596 g/mol. The maximum absolute atomic E-state index is 11.2. The number of quaternary nitrogens is 1. The van der Waals surface area contributed by atoms with E-state index in [2.05, 4.69) is 37.9 Å². The van der Waals surface area contributed by atoms with Crippen LogP contribution in [0.2, 0.25) is 0 Å². The Labute approximate surface area is 241 Å². The van der Waals surface area contributed by atoms with Gasteiger partial charge in [0, 0.05) is 0 Å². The summed E-state index contributed by atoms with van der Waals surface area (Å²) in [5, 5.41) is 7.42. The molecule has 0 aliphatic rings. The molecule has 0 spiro atoms. The molecular formula is C29H46N3O6S2-. The summed E-state index contributed by atoms with van der Waals surface area (Å²) >= 11 is 0. The number of azo groups is 1. The van der Waals surface area contributed by atoms with E-state index in [0.717, 1.165) is 12.1 Å². The molecule has 0 radical (unpaired) electrons. The largest absolute Gasteiger partial charge is 0.744 e. The lowest BCUT2D eigenvalue weighted by Crippen LogP contribution is -2.50. The molecule has 0 aromatic heterocycles. The van der Waals surface area contributed by atoms with Crippen molar-refractivity contribution in [2.45, 2.75) is 95.8 Å². The third kappa shape index (κ3) is 13.0. The van der Waals surface area contributed by atoms with Crippen molar-refractivity contribution in [1.29, 1.82) is 0 Å². The van der Waals surface area contributed by atoms with Gasteiger partial charge < -0.3 is 13.6 Å². The summed E-state index contributed by atoms with van der Waals surface area (Å²) < 4.78 is 67.5. The van der Waals surface area contributed by atoms with Crippen LogP contribution in [0.15, 0.2) is 62.5 Å². The fourth-order valence-corrected chi connectivity index (χ4v) is 5.50. The Morgan fingerprint density at radius 1 is 0.650 bits per heavy atom. The van der Waals surface area contributed by atoms with Crippen LogP contribution in [0.3, 0.4) is 0 Å². The molecule has 11 heteroatoms. The van der Waals surface area contributed by atoms with E-state index in [1.54, 1.807) is 13.0 Å². The lowest BCUT2D eigenvalue weighted by Gasteiger charge is -2.39. The second-order valence-corrected chi connectivity index (χ2v) is 13.0. The van der Waals surface area contributed by atoms with Crippen molar-refractivity contribution in [2.75, 3.05) is 26.2 Å². The molecule has 0 aliphatic carbocycles. The standard InChI is InChI=1S/C16H36N.C13H12N2O6S2/c1-5-9-13-17(14-10-6-2,15-11-7-3)16-12-8-4;1-9-2-7-12(13(8-9)23(19,20)21)15-14-10-3-5-11(6-4-10)22(16,17)18/h5-16H2,1-4H3;2-8H,1H3,(H,16,17,18)(H,19,20,21)/q+1;/p-2. The maximum atomic E-state index is 11.2. The molecule has 0 saturated carbocycles. The zero-order chi connectivity index (χ0) is 30.2. The second-order valence-electron chi connectivity index (χ2n) is 10.2. The first-order valence-electron chi connectivity index (χ1n) is 14.2. The molecule has 0 N–H and O–H groups in total. The minimum Gasteiger partial charge on any atom is -0.744 e. The van der Waals surface area contributed by atoms with Crippen LogP contribution in [0.25, 0.3) is 0 Å². The van der Waals surface area contributed by atoms with Gasteiger partial charge in [-0.25, -0.2) is 16.8 Å². The first kappa shape index (κ1) is 35.8. The average molecular weight is 597 g/mol. The molecule has 226 valence electrons. The molecule has 0 saturated heterocycles. The van der Waals surface area contributed by atoms with Crippen LogP contribution in [-0.4, -0.2) is 56.6 Å². The summed E-state index contributed by atoms with van der Waals surface area (Å²) in [4.78, 5) is -0.922. The molecule has 0 atom stereocenters. The number of hydrogen-bond acceptors (Lipinski definition) is 8. The number of nitrogens with zero attached hydrogens (tertiary/aromatic N) is 3. The third-order valence-corrected chi connectivity index (χ3v) is 8.44. The molecule has 0 heterocycles. The van der Waals surface area contributed by atoms with Gasteiger partial charge in [-0.15, -0.1) is 5.11 Å². The van der Waals surface area contributed by atoms with E-state index in [-0.39, 0.29) is 11.4 Å². The maximum Gasteiger partial charge on any atom is 0.126 e. The van der Waals surface area contributed by atoms with Gasteiger partial charge in [-0.05, 0) is 74.6 Å². The molecule has 0 fully saturated rings. The van der Waals surface area contributed by atoms with Crippen LogP contribution in [-0.2, 0) is 20.2 Å². The molecule has 2 rings (SSSR count). The Morgan fingerprint density at radius 3 is 1.48 bits per heavy atom. The van der Waals surface area contributed by atoms with E-state index in [1.807, 2.05) is 0 Å². The predicted octanol–water partition coefficient (Wildman–Crippen LogP) is 7.22. The highest BCUT2D eigenvalue weighted by atomic mass is 32.2. The summed E-state index contributed by atoms with van der Waals surface area (Å²) in [7, 11) is -9.27. The van der Waals surface area contributed by atoms with Crippen molar-refractivity contribution in [1.82, 2.24) is 0 Å². The van der Waals surface area contributed by atoms with Gasteiger partial charge in [0.05, 0.1) is 41.7 Å². The SMILES string of the molecule is CCCC[N+](CCCC)(CCCC)CCCC.Cc1ccc(N=Nc2ccc(S(=O)(=O)[O-])cc2)c(S(=O)(=O)[O-])c1. The lowest BCUT2D eigenvalue weighted by molar-refractivity contribution is -0.929. The van der Waals surface area contributed by atoms with Crippen LogP contribution >= 0.6 is 0 Å². The molecule has 0 amide bonds. The van der Waals surface area contributed by atoms with Crippen molar-refractivity contribution in [3.63, 3.8) is 0 Å². The van der Waals surface area contributed by atoms with E-state index < -0.39 is 30.0 Å². The van der Waals surface area contributed by atoms with Crippen molar-refractivity contribution >= 4 is 31.6 Å². The molecule has 2 aromatic rings. The summed E-state index contributed by atoms with van der Waals surface area (Å²) in [6.07, 6.45) is 11.1. The van der Waals surface area contributed by atoms with E-state index in [4.69, 9.17) is 0 Å². The average Bonchev–Trinajstić information content (AvgIpc) is 2.91. The van der Waals surface area contributed by atoms with E-state index >= 15 is 0 Å². The van der Waals surface area contributed by atoms with Gasteiger partial charge >= 0.3 is 0 Å². The zero-order valence-corrected chi connectivity index (χ0v) is 26.3. The normalized spacial score (nSPS) is 12.4. The van der Waals surface area contributed by atoms with Crippen LogP contribution in [0.1, 0.15) is 84.6 Å². The lowest BCUT2D eigenvalue weighted by atomic mass is 10.1. The van der Waals surface area contributed by atoms with Crippen LogP contribution in [0.5, 0.6) is 0 Å². The highest BCUT2D eigenvalue weighted by Crippen LogP contribution is 2.27. The zero-order valence-electron chi connectivity index (χ0n) is 24.6. The van der Waals surface area contributed by atoms with Crippen LogP contribution in [0, 0.1) is 6.92 Å². The number of rotatable bonds is 16. The highest BCUT2D eigenvalue weighted by molar-refractivity contribution is 7.86. The summed E-state index contributed by atoms with van der Waals surface area (Å²) in [5.41, 5.74) is 0.627. The Balaban J connectivity index is 0.000000421. The highest BCUT2D eigenvalue weighted by Gasteiger charge is 2.24. The van der Waals surface area contributed by atoms with E-state index in [1.165, 1.54) is 106 Å². The first-order chi connectivity index (χ1) is 18.8. The Hall–Kier alpha value is -2.18. The minimum absolute atomic E-state index is 0.133. The molecule has 40 heavy (non-hydrogen) atoms. The second kappa shape index (κ2) is 17.6. The van der Waals surface area contributed by atoms with Gasteiger partial charge in [0.1, 0.15) is 25.9 Å². The van der Waals surface area contributed by atoms with Gasteiger partial charge in [-0.2, -0.15) is 5.11 Å². The molecule has 9 nitrogen and oxygen atoms in total. The topological polar surface area (TPSA) is 139 Å². The van der Waals surface area contributed by atoms with Gasteiger partial charge in [0.25, 0.3) is 0 Å². The molecular weight excluding hydrogens is 550 g/mol. The van der Waals surface area contributed by atoms with Crippen LogP contribution in [0.4, 0.5) is 11.4 Å². The molecule has 0 aliphatic heterocycles. The van der Waals surface area contributed by atoms with Crippen molar-refractivity contribution < 1.29 is 30.4 Å². The summed E-state index contributed by atoms with van der Waals surface area (Å²) in [6, 6.07) is 8.65. The third-order valence-electron chi connectivity index (χ3n) is 6.73. The van der Waals surface area contributed by atoms with Crippen molar-refractivity contribution in [3.05, 3.63) is 48.0 Å². The number of hydrogen-bond donors (Lipinski definition) is 0. The quantitative estimate of drug-likeness (QED) is 0.114. The van der Waals surface area contributed by atoms with Crippen molar-refractivity contribution in [3.8, 4) is 0 Å². The molecule has 2 aromatic carbocycles. The van der Waals surface area contributed by atoms with Gasteiger partial charge in [0.15, 0.2) is 0 Å². The van der Waals surface area contributed by atoms with Crippen molar-refractivity contribution in [2.24, 2.45) is 10.2 Å². The fourth-order valence-electron chi connectivity index (χ4n) is 4.34. The Bertz CT molecular complexity index is 1220. The Morgan fingerprint density at radius 2 is 1.10 bits per heavy atom. The van der Waals surface area contributed by atoms with Gasteiger partial charge in [-0.1, -0.05) is 59.4 Å². The smallest absolute Gasteiger partial charge is 0.126 e. The molecule has 0 unspecified atom stereocenters. The van der Waals surface area contributed by atoms with Gasteiger partial charge in [0.2, 0.25) is 0 Å². The van der Waals surface area contributed by atoms with Gasteiger partial charge in [-0.3, -0.25) is 0 Å². The minimum atomic E-state index is -4.71.